The van der Waals surface area contributed by atoms with Crippen LogP contribution < -0.4 is 4.73 Å². The monoisotopic (exact) mass is 476 g/mol. The third-order valence-corrected chi connectivity index (χ3v) is 5.49. The molecule has 0 unspecified atom stereocenters. The molecule has 1 heterocycles. The first-order valence-electron chi connectivity index (χ1n) is 9.89. The second kappa shape index (κ2) is 9.30. The number of hydrogen-bond acceptors (Lipinski definition) is 6. The molecule has 1 aromatic heterocycles. The lowest BCUT2D eigenvalue weighted by molar-refractivity contribution is -0.581. The van der Waals surface area contributed by atoms with Crippen LogP contribution in [0.3, 0.4) is 0 Å². The van der Waals surface area contributed by atoms with Crippen molar-refractivity contribution in [2.24, 2.45) is 0 Å². The van der Waals surface area contributed by atoms with Crippen molar-refractivity contribution in [2.75, 3.05) is 6.61 Å². The molecular weight excluding hydrogens is 455 g/mol. The number of ether oxygens (including phenoxy) is 2. The predicted octanol–water partition coefficient (Wildman–Crippen LogP) is 5.01. The number of carbonyl (C=O) groups is 2. The van der Waals surface area contributed by atoms with Crippen LogP contribution in [0.5, 0.6) is 0 Å². The van der Waals surface area contributed by atoms with Gasteiger partial charge in [-0.3, -0.25) is 0 Å². The lowest BCUT2D eigenvalue weighted by Crippen LogP contribution is -2.39. The van der Waals surface area contributed by atoms with Gasteiger partial charge < -0.3 is 14.7 Å². The maximum absolute atomic E-state index is 12.9. The van der Waals surface area contributed by atoms with Gasteiger partial charge in [0.05, 0.1) is 22.2 Å². The first-order valence-corrected chi connectivity index (χ1v) is 10.6. The summed E-state index contributed by atoms with van der Waals surface area (Å²) in [6.45, 7) is 7.46. The summed E-state index contributed by atoms with van der Waals surface area (Å²) in [7, 11) is 0. The summed E-state index contributed by atoms with van der Waals surface area (Å²) in [5.41, 5.74) is 1.15. The van der Waals surface area contributed by atoms with Crippen molar-refractivity contribution in [3.8, 4) is 0 Å². The standard InChI is InChI=1S/C23H22Cl2N2O5/c1-5-31-22(29)20-18(26-17-10-15(24)16(25)11-19(17)27(20)30)12-32-21(28)13-6-8-14(9-7-13)23(2,3)4/h6-11H,5,12H2,1-4H3. The molecule has 3 aromatic rings. The van der Waals surface area contributed by atoms with Crippen molar-refractivity contribution in [2.45, 2.75) is 39.7 Å². The Morgan fingerprint density at radius 3 is 2.25 bits per heavy atom. The molecular formula is C23H22Cl2N2O5. The summed E-state index contributed by atoms with van der Waals surface area (Å²) in [6, 6.07) is 9.75. The lowest BCUT2D eigenvalue weighted by Gasteiger charge is -2.19. The molecule has 0 saturated heterocycles. The fourth-order valence-electron chi connectivity index (χ4n) is 3.04. The Hall–Kier alpha value is -2.90. The van der Waals surface area contributed by atoms with Crippen LogP contribution in [0.1, 0.15) is 59.8 Å². The van der Waals surface area contributed by atoms with E-state index in [0.717, 1.165) is 5.56 Å². The van der Waals surface area contributed by atoms with Crippen LogP contribution in [0, 0.1) is 5.21 Å². The van der Waals surface area contributed by atoms with Gasteiger partial charge in [0.25, 0.3) is 0 Å². The average Bonchev–Trinajstić information content (AvgIpc) is 2.73. The molecule has 0 N–H and O–H groups in total. The zero-order valence-electron chi connectivity index (χ0n) is 18.1. The van der Waals surface area contributed by atoms with Gasteiger partial charge in [-0.25, -0.2) is 14.6 Å². The smallest absolute Gasteiger partial charge is 0.407 e. The Bertz CT molecular complexity index is 1190. The normalized spacial score (nSPS) is 11.4. The van der Waals surface area contributed by atoms with Crippen LogP contribution in [0.15, 0.2) is 36.4 Å². The molecule has 0 bridgehead atoms. The van der Waals surface area contributed by atoms with E-state index in [0.29, 0.717) is 10.3 Å². The van der Waals surface area contributed by atoms with Crippen molar-refractivity contribution in [1.82, 2.24) is 4.98 Å². The average molecular weight is 477 g/mol. The van der Waals surface area contributed by atoms with E-state index in [1.807, 2.05) is 12.1 Å². The molecule has 0 radical (unpaired) electrons. The number of halogens is 2. The molecule has 0 fully saturated rings. The maximum atomic E-state index is 12.9. The predicted molar refractivity (Wildman–Crippen MR) is 121 cm³/mol. The van der Waals surface area contributed by atoms with E-state index >= 15 is 0 Å². The number of fused-ring (bicyclic) bond motifs is 1. The van der Waals surface area contributed by atoms with Crippen LogP contribution in [-0.4, -0.2) is 23.5 Å². The van der Waals surface area contributed by atoms with E-state index in [-0.39, 0.29) is 44.5 Å². The summed E-state index contributed by atoms with van der Waals surface area (Å²) < 4.78 is 10.7. The quantitative estimate of drug-likeness (QED) is 0.292. The van der Waals surface area contributed by atoms with E-state index in [2.05, 4.69) is 25.8 Å². The van der Waals surface area contributed by atoms with Crippen LogP contribution in [0.4, 0.5) is 0 Å². The highest BCUT2D eigenvalue weighted by atomic mass is 35.5. The van der Waals surface area contributed by atoms with Gasteiger partial charge >= 0.3 is 17.6 Å². The Labute approximate surface area is 195 Å². The summed E-state index contributed by atoms with van der Waals surface area (Å²) in [4.78, 5) is 29.3. The first kappa shape index (κ1) is 23.8. The van der Waals surface area contributed by atoms with E-state index in [1.54, 1.807) is 19.1 Å². The van der Waals surface area contributed by atoms with Crippen molar-refractivity contribution in [1.29, 1.82) is 0 Å². The van der Waals surface area contributed by atoms with Crippen molar-refractivity contribution >= 4 is 46.2 Å². The number of benzene rings is 2. The third kappa shape index (κ3) is 4.95. The molecule has 9 heteroatoms. The van der Waals surface area contributed by atoms with Gasteiger partial charge in [-0.1, -0.05) is 56.1 Å². The van der Waals surface area contributed by atoms with E-state index < -0.39 is 18.5 Å². The summed E-state index contributed by atoms with van der Waals surface area (Å²) in [5.74, 6) is -1.50. The minimum Gasteiger partial charge on any atom is -0.618 e. The van der Waals surface area contributed by atoms with E-state index in [9.17, 15) is 14.8 Å². The Morgan fingerprint density at radius 2 is 1.66 bits per heavy atom. The Morgan fingerprint density at radius 1 is 1.03 bits per heavy atom. The fraction of sp³-hybridized carbons (Fsp3) is 0.304. The number of rotatable bonds is 5. The molecule has 0 aliphatic heterocycles. The number of esters is 2. The van der Waals surface area contributed by atoms with E-state index in [4.69, 9.17) is 32.7 Å². The molecule has 0 atom stereocenters. The zero-order valence-corrected chi connectivity index (χ0v) is 19.6. The summed E-state index contributed by atoms with van der Waals surface area (Å²) in [5, 5.41) is 13.2. The lowest BCUT2D eigenvalue weighted by atomic mass is 9.87. The Kier molecular flexibility index (Phi) is 6.91. The number of nitrogens with zero attached hydrogens (tertiary/aromatic N) is 2. The zero-order chi connectivity index (χ0) is 23.6. The van der Waals surface area contributed by atoms with Gasteiger partial charge in [-0.05, 0) is 36.1 Å². The third-order valence-electron chi connectivity index (χ3n) is 4.76. The topological polar surface area (TPSA) is 92.4 Å². The molecule has 0 amide bonds. The molecule has 168 valence electrons. The largest absolute Gasteiger partial charge is 0.618 e. The summed E-state index contributed by atoms with van der Waals surface area (Å²) >= 11 is 12.0. The van der Waals surface area contributed by atoms with Crippen LogP contribution in [0.25, 0.3) is 11.0 Å². The fourth-order valence-corrected chi connectivity index (χ4v) is 3.35. The van der Waals surface area contributed by atoms with Gasteiger partial charge in [0.2, 0.25) is 5.52 Å². The molecule has 0 aliphatic carbocycles. The first-order chi connectivity index (χ1) is 15.0. The molecule has 2 aromatic carbocycles. The molecule has 32 heavy (non-hydrogen) atoms. The van der Waals surface area contributed by atoms with Gasteiger partial charge in [-0.15, -0.1) is 0 Å². The molecule has 7 nitrogen and oxygen atoms in total. The van der Waals surface area contributed by atoms with E-state index in [1.165, 1.54) is 12.1 Å². The minimum absolute atomic E-state index is 0.0373. The second-order valence-electron chi connectivity index (χ2n) is 8.08. The minimum atomic E-state index is -0.886. The van der Waals surface area contributed by atoms with Crippen LogP contribution in [-0.2, 0) is 21.5 Å². The highest BCUT2D eigenvalue weighted by Crippen LogP contribution is 2.26. The number of hydrogen-bond donors (Lipinski definition) is 0. The van der Waals surface area contributed by atoms with Gasteiger partial charge in [0.1, 0.15) is 12.1 Å². The molecule has 0 spiro atoms. The van der Waals surface area contributed by atoms with Gasteiger partial charge in [-0.2, -0.15) is 4.73 Å². The number of carbonyl (C=O) groups excluding carboxylic acids is 2. The SMILES string of the molecule is CCOC(=O)c1c(COC(=O)c2ccc(C(C)(C)C)cc2)nc2cc(Cl)c(Cl)cc2[n+]1[O-]. The van der Waals surface area contributed by atoms with Crippen molar-refractivity contribution in [3.05, 3.63) is 74.2 Å². The molecule has 3 rings (SSSR count). The highest BCUT2D eigenvalue weighted by Gasteiger charge is 2.29. The second-order valence-corrected chi connectivity index (χ2v) is 8.89. The number of aromatic nitrogens is 2. The van der Waals surface area contributed by atoms with Crippen molar-refractivity contribution in [3.63, 3.8) is 0 Å². The van der Waals surface area contributed by atoms with Crippen LogP contribution >= 0.6 is 23.2 Å². The van der Waals surface area contributed by atoms with Crippen LogP contribution in [0.2, 0.25) is 10.0 Å². The Balaban J connectivity index is 1.94. The van der Waals surface area contributed by atoms with Crippen molar-refractivity contribution < 1.29 is 23.8 Å². The molecule has 0 aliphatic rings. The molecule has 0 saturated carbocycles. The maximum Gasteiger partial charge on any atom is 0.407 e. The highest BCUT2D eigenvalue weighted by molar-refractivity contribution is 6.42. The van der Waals surface area contributed by atoms with Gasteiger partial charge in [0.15, 0.2) is 5.69 Å². The van der Waals surface area contributed by atoms with Gasteiger partial charge in [0, 0.05) is 6.07 Å². The summed E-state index contributed by atoms with van der Waals surface area (Å²) in [6.07, 6.45) is 0.